The molecule has 0 amide bonds. The number of hydrazone groups is 1. The van der Waals surface area contributed by atoms with E-state index in [0.29, 0.717) is 0 Å². The minimum Gasteiger partial charge on any atom is -0.502 e. The second kappa shape index (κ2) is 5.41. The number of phenolic OH excluding ortho intramolecular Hbond substituents is 1. The van der Waals surface area contributed by atoms with Gasteiger partial charge in [-0.2, -0.15) is 5.10 Å². The molecule has 7 nitrogen and oxygen atoms in total. The quantitative estimate of drug-likeness (QED) is 0.329. The predicted molar refractivity (Wildman–Crippen MR) is 67.3 cm³/mol. The molecule has 0 fully saturated rings. The van der Waals surface area contributed by atoms with Gasteiger partial charge in [-0.1, -0.05) is 11.6 Å². The van der Waals surface area contributed by atoms with E-state index in [4.69, 9.17) is 17.3 Å². The summed E-state index contributed by atoms with van der Waals surface area (Å²) >= 11 is 10.2. The second-order valence-corrected chi connectivity index (χ2v) is 3.73. The Labute approximate surface area is 106 Å². The summed E-state index contributed by atoms with van der Waals surface area (Å²) in [4.78, 5) is 9.84. The van der Waals surface area contributed by atoms with Gasteiger partial charge < -0.3 is 10.8 Å². The summed E-state index contributed by atoms with van der Waals surface area (Å²) < 4.78 is 0. The first-order chi connectivity index (χ1) is 7.91. The fraction of sp³-hybridized carbons (Fsp3) is 0. The van der Waals surface area contributed by atoms with Crippen molar-refractivity contribution in [3.05, 3.63) is 32.8 Å². The lowest BCUT2D eigenvalue weighted by molar-refractivity contribution is -0.385. The zero-order valence-corrected chi connectivity index (χ0v) is 9.83. The molecule has 0 bridgehead atoms. The van der Waals surface area contributed by atoms with Crippen LogP contribution in [0.5, 0.6) is 5.75 Å². The first-order valence-electron chi connectivity index (χ1n) is 4.17. The number of nitro groups is 1. The summed E-state index contributed by atoms with van der Waals surface area (Å²) in [6, 6.07) is 2.35. The molecule has 17 heavy (non-hydrogen) atoms. The van der Waals surface area contributed by atoms with Crippen molar-refractivity contribution in [1.82, 2.24) is 5.43 Å². The van der Waals surface area contributed by atoms with Gasteiger partial charge in [0.15, 0.2) is 5.11 Å². The maximum Gasteiger partial charge on any atom is 0.312 e. The zero-order valence-electron chi connectivity index (χ0n) is 8.25. The van der Waals surface area contributed by atoms with E-state index in [2.05, 4.69) is 22.7 Å². The van der Waals surface area contributed by atoms with Gasteiger partial charge in [0.25, 0.3) is 0 Å². The fourth-order valence-electron chi connectivity index (χ4n) is 1.01. The molecule has 90 valence electrons. The van der Waals surface area contributed by atoms with Crippen molar-refractivity contribution >= 4 is 40.8 Å². The molecule has 0 radical (unpaired) electrons. The molecule has 0 unspecified atom stereocenters. The summed E-state index contributed by atoms with van der Waals surface area (Å²) in [7, 11) is 0. The van der Waals surface area contributed by atoms with Crippen molar-refractivity contribution < 1.29 is 10.0 Å². The van der Waals surface area contributed by atoms with Gasteiger partial charge in [-0.25, -0.2) is 0 Å². The van der Waals surface area contributed by atoms with Crippen LogP contribution in [0.25, 0.3) is 0 Å². The average molecular weight is 275 g/mol. The van der Waals surface area contributed by atoms with E-state index in [9.17, 15) is 15.2 Å². The van der Waals surface area contributed by atoms with Crippen LogP contribution in [0.2, 0.25) is 5.02 Å². The molecule has 0 heterocycles. The Kier molecular flexibility index (Phi) is 4.18. The van der Waals surface area contributed by atoms with Gasteiger partial charge in [-0.05, 0) is 18.3 Å². The van der Waals surface area contributed by atoms with Gasteiger partial charge in [-0.3, -0.25) is 15.5 Å². The Morgan fingerprint density at radius 3 is 2.88 bits per heavy atom. The normalized spacial score (nSPS) is 10.4. The molecule has 0 atom stereocenters. The summed E-state index contributed by atoms with van der Waals surface area (Å²) in [6.07, 6.45) is 1.12. The molecule has 0 aliphatic heterocycles. The van der Waals surface area contributed by atoms with E-state index in [1.807, 2.05) is 0 Å². The van der Waals surface area contributed by atoms with Crippen LogP contribution < -0.4 is 11.2 Å². The summed E-state index contributed by atoms with van der Waals surface area (Å²) in [6.45, 7) is 0. The summed E-state index contributed by atoms with van der Waals surface area (Å²) in [5, 5.41) is 23.8. The van der Waals surface area contributed by atoms with E-state index in [1.54, 1.807) is 0 Å². The molecule has 0 spiro atoms. The molecular weight excluding hydrogens is 268 g/mol. The number of hydrogen-bond acceptors (Lipinski definition) is 5. The molecule has 1 rings (SSSR count). The van der Waals surface area contributed by atoms with E-state index in [-0.39, 0.29) is 15.7 Å². The Balaban J connectivity index is 3.11. The number of halogens is 1. The number of aromatic hydroxyl groups is 1. The third-order valence-corrected chi connectivity index (χ3v) is 1.97. The number of nitrogens with one attached hydrogen (secondary N) is 1. The number of thiocarbonyl (C=S) groups is 1. The van der Waals surface area contributed by atoms with Gasteiger partial charge >= 0.3 is 5.69 Å². The van der Waals surface area contributed by atoms with Crippen molar-refractivity contribution in [1.29, 1.82) is 0 Å². The minimum absolute atomic E-state index is 0.0720. The maximum atomic E-state index is 10.6. The van der Waals surface area contributed by atoms with Gasteiger partial charge in [0.1, 0.15) is 0 Å². The monoisotopic (exact) mass is 274 g/mol. The molecule has 1 aromatic carbocycles. The van der Waals surface area contributed by atoms with Gasteiger partial charge in [0, 0.05) is 16.7 Å². The van der Waals surface area contributed by atoms with E-state index in [0.717, 1.165) is 12.3 Å². The topological polar surface area (TPSA) is 114 Å². The van der Waals surface area contributed by atoms with E-state index in [1.165, 1.54) is 6.07 Å². The van der Waals surface area contributed by atoms with Crippen LogP contribution in [-0.2, 0) is 0 Å². The summed E-state index contributed by atoms with van der Waals surface area (Å²) in [5.41, 5.74) is 6.93. The maximum absolute atomic E-state index is 10.6. The molecule has 0 aliphatic carbocycles. The van der Waals surface area contributed by atoms with Crippen molar-refractivity contribution in [3.8, 4) is 5.75 Å². The Bertz CT molecular complexity index is 506. The fourth-order valence-corrected chi connectivity index (χ4v) is 1.28. The van der Waals surface area contributed by atoms with Crippen molar-refractivity contribution in [2.24, 2.45) is 10.8 Å². The van der Waals surface area contributed by atoms with E-state index < -0.39 is 16.4 Å². The third kappa shape index (κ3) is 3.54. The molecule has 0 saturated carbocycles. The van der Waals surface area contributed by atoms with Crippen LogP contribution in [0.15, 0.2) is 17.2 Å². The smallest absolute Gasteiger partial charge is 0.312 e. The number of rotatable bonds is 3. The second-order valence-electron chi connectivity index (χ2n) is 2.85. The summed E-state index contributed by atoms with van der Waals surface area (Å²) in [5.74, 6) is -0.534. The van der Waals surface area contributed by atoms with Gasteiger partial charge in [0.05, 0.1) is 11.1 Å². The number of nitrogens with zero attached hydrogens (tertiary/aromatic N) is 2. The van der Waals surface area contributed by atoms with E-state index >= 15 is 0 Å². The number of phenols is 1. The molecule has 0 aliphatic rings. The number of hydrogen-bond donors (Lipinski definition) is 3. The molecule has 9 heteroatoms. The highest BCUT2D eigenvalue weighted by Crippen LogP contribution is 2.32. The molecule has 0 saturated heterocycles. The SMILES string of the molecule is NC(=S)N/N=C/c1cc(Cl)cc([N+](=O)[O-])c1O. The van der Waals surface area contributed by atoms with Crippen LogP contribution in [0, 0.1) is 10.1 Å². The lowest BCUT2D eigenvalue weighted by atomic mass is 10.2. The predicted octanol–water partition coefficient (Wildman–Crippen LogP) is 1.12. The standard InChI is InChI=1S/C8H7ClN4O3S/c9-5-1-4(3-11-12-8(10)17)7(14)6(2-5)13(15)16/h1-3,14H,(H3,10,12,17)/b11-3+. The highest BCUT2D eigenvalue weighted by atomic mass is 35.5. The largest absolute Gasteiger partial charge is 0.502 e. The van der Waals surface area contributed by atoms with Crippen LogP contribution in [0.4, 0.5) is 5.69 Å². The molecule has 0 aromatic heterocycles. The lowest BCUT2D eigenvalue weighted by Gasteiger charge is -2.01. The zero-order chi connectivity index (χ0) is 13.0. The van der Waals surface area contributed by atoms with Gasteiger partial charge in [0.2, 0.25) is 5.75 Å². The number of nitro benzene ring substituents is 1. The van der Waals surface area contributed by atoms with Crippen molar-refractivity contribution in [2.75, 3.05) is 0 Å². The molecule has 4 N–H and O–H groups in total. The van der Waals surface area contributed by atoms with Crippen LogP contribution in [0.3, 0.4) is 0 Å². The molecular formula is C8H7ClN4O3S. The highest BCUT2D eigenvalue weighted by molar-refractivity contribution is 7.80. The third-order valence-electron chi connectivity index (χ3n) is 1.66. The lowest BCUT2D eigenvalue weighted by Crippen LogP contribution is -2.24. The first kappa shape index (κ1) is 13.1. The highest BCUT2D eigenvalue weighted by Gasteiger charge is 2.17. The Morgan fingerprint density at radius 2 is 2.35 bits per heavy atom. The Hall–Kier alpha value is -1.93. The Morgan fingerprint density at radius 1 is 1.71 bits per heavy atom. The van der Waals surface area contributed by atoms with Crippen LogP contribution in [-0.4, -0.2) is 21.4 Å². The average Bonchev–Trinajstić information content (AvgIpc) is 2.21. The minimum atomic E-state index is -0.750. The van der Waals surface area contributed by atoms with Gasteiger partial charge in [-0.15, -0.1) is 0 Å². The van der Waals surface area contributed by atoms with Crippen molar-refractivity contribution in [3.63, 3.8) is 0 Å². The number of nitrogens with two attached hydrogens (primary N) is 1. The van der Waals surface area contributed by atoms with Crippen LogP contribution in [0.1, 0.15) is 5.56 Å². The van der Waals surface area contributed by atoms with Crippen LogP contribution >= 0.6 is 23.8 Å². The van der Waals surface area contributed by atoms with Crippen molar-refractivity contribution in [2.45, 2.75) is 0 Å². The molecule has 1 aromatic rings. The first-order valence-corrected chi connectivity index (χ1v) is 4.96. The number of benzene rings is 1.